The van der Waals surface area contributed by atoms with Gasteiger partial charge < -0.3 is 45.5 Å². The number of hydrogen-bond acceptors (Lipinski definition) is 18. The van der Waals surface area contributed by atoms with Crippen molar-refractivity contribution in [3.05, 3.63) is 158 Å². The van der Waals surface area contributed by atoms with Gasteiger partial charge in [0.15, 0.2) is 0 Å². The van der Waals surface area contributed by atoms with E-state index in [4.69, 9.17) is 16.3 Å². The molecule has 26 heteroatoms. The minimum absolute atomic E-state index is 0.0126. The second-order valence-electron chi connectivity index (χ2n) is 31.0. The SMILES string of the molecule is Cc1ncsc1-c1ccc(CNC(=O)[C@@H]2C[C@@H](O)CN2C(=O)[C@@H](NC(=O)CCCCCCN2CCN(C3CCC(CNc4ccc(S(=O)(=O)NC(=O)c5ccc(N6CCN(CC7=C(c8ccc(Cl)cc8)CC(C)(C)CC7)CC6)cc5Oc5cnc6[nH]ccc6c5)cc4[N+](=O)[O-])CC3)CC2)C(C)(C)C)cc1. The number of thiazole rings is 1. The van der Waals surface area contributed by atoms with E-state index in [0.29, 0.717) is 43.5 Å². The number of unbranched alkanes of at least 4 members (excludes halogenated alkanes) is 3. The number of rotatable bonds is 27. The Labute approximate surface area is 625 Å². The van der Waals surface area contributed by atoms with Crippen molar-refractivity contribution in [1.82, 2.24) is 49.9 Å². The Kier molecular flexibility index (Phi) is 24.5. The molecule has 1 saturated carbocycles. The molecule has 6 N–H and O–H groups in total. The molecule has 4 fully saturated rings. The highest BCUT2D eigenvalue weighted by atomic mass is 35.5. The van der Waals surface area contributed by atoms with Crippen LogP contribution in [0.2, 0.25) is 5.02 Å². The number of pyridine rings is 1. The predicted octanol–water partition coefficient (Wildman–Crippen LogP) is 12.6. The molecule has 6 heterocycles. The van der Waals surface area contributed by atoms with Crippen LogP contribution in [0.1, 0.15) is 145 Å². The Balaban J connectivity index is 0.567. The monoisotopic (exact) mass is 1490 g/mol. The lowest BCUT2D eigenvalue weighted by Gasteiger charge is -2.42. The zero-order valence-corrected chi connectivity index (χ0v) is 63.5. The molecule has 4 aromatic carbocycles. The molecule has 2 aliphatic carbocycles. The molecular weight excluding hydrogens is 1390 g/mol. The van der Waals surface area contributed by atoms with E-state index >= 15 is 0 Å². The van der Waals surface area contributed by atoms with Gasteiger partial charge in [0, 0.05) is 132 Å². The van der Waals surface area contributed by atoms with Crippen LogP contribution in [0.4, 0.5) is 17.1 Å². The second-order valence-corrected chi connectivity index (χ2v) is 33.9. The van der Waals surface area contributed by atoms with Crippen molar-refractivity contribution in [1.29, 1.82) is 0 Å². The molecule has 12 rings (SSSR count). The van der Waals surface area contributed by atoms with Gasteiger partial charge in [-0.15, -0.1) is 11.3 Å². The first-order chi connectivity index (χ1) is 50.3. The van der Waals surface area contributed by atoms with Crippen LogP contribution in [0.3, 0.4) is 0 Å². The zero-order valence-electron chi connectivity index (χ0n) is 61.1. The molecule has 3 atom stereocenters. The van der Waals surface area contributed by atoms with Crippen molar-refractivity contribution in [2.45, 2.75) is 161 Å². The summed E-state index contributed by atoms with van der Waals surface area (Å²) in [5.74, 6) is -1.18. The number of aliphatic hydroxyl groups excluding tert-OH is 1. The number of benzene rings is 4. The number of hydrogen-bond donors (Lipinski definition) is 6. The fraction of sp³-hybridized carbons (Fsp3) is 0.494. The Morgan fingerprint density at radius 3 is 2.30 bits per heavy atom. The third kappa shape index (κ3) is 19.5. The zero-order chi connectivity index (χ0) is 74.2. The number of aliphatic hydroxyl groups is 1. The van der Waals surface area contributed by atoms with Crippen molar-refractivity contribution in [3.63, 3.8) is 0 Å². The standard InChI is InChI=1S/C79H100ClN13O10S2/c1-52-72(104-51-85-52)56-16-12-53(13-17-56)47-84-76(97)69-43-62(94)50-92(69)77(98)73(78(2,3)4)86-71(95)11-9-7-8-10-32-88-33-37-90(38-34-88)60-22-14-54(15-23-60)46-82-67-27-25-64(44-68(67)93(99)100)105(101,102)87-75(96)65-26-24-61(42-70(65)103-63-41-57-29-31-81-74(57)83-48-63)91-39-35-89(36-40-91)49-58-28-30-79(5,6)45-66(58)55-18-20-59(80)21-19-55/h12-13,16-21,24-27,29,31,41-42,44,48,51,54,60,62,69,73,82,94H,7-11,14-15,22-23,28,30,32-40,43,45-47,49-50H2,1-6H3,(H,81,83)(H,84,97)(H,86,95)(H,87,96)/t54?,60?,62-,69+,73-/m1/s1. The van der Waals surface area contributed by atoms with E-state index in [2.05, 4.69) is 81.2 Å². The van der Waals surface area contributed by atoms with Crippen LogP contribution in [0.25, 0.3) is 27.0 Å². The highest BCUT2D eigenvalue weighted by Crippen LogP contribution is 2.44. The van der Waals surface area contributed by atoms with Crippen molar-refractivity contribution in [2.75, 3.05) is 88.8 Å². The lowest BCUT2D eigenvalue weighted by Crippen LogP contribution is -2.57. The molecule has 0 spiro atoms. The molecule has 3 saturated heterocycles. The van der Waals surface area contributed by atoms with Crippen molar-refractivity contribution in [3.8, 4) is 21.9 Å². The number of allylic oxidation sites excluding steroid dienone is 1. The summed E-state index contributed by atoms with van der Waals surface area (Å²) in [5, 5.41) is 34.0. The number of aryl methyl sites for hydroxylation is 1. The van der Waals surface area contributed by atoms with Crippen molar-refractivity contribution >= 4 is 90.3 Å². The molecule has 105 heavy (non-hydrogen) atoms. The minimum atomic E-state index is -4.63. The topological polar surface area (TPSA) is 281 Å². The molecule has 560 valence electrons. The van der Waals surface area contributed by atoms with E-state index in [9.17, 15) is 42.8 Å². The number of β-amino-alcohol motifs (C(OH)–C–C–N with tert-alkyl or cyclic N) is 1. The van der Waals surface area contributed by atoms with Gasteiger partial charge in [-0.3, -0.25) is 39.1 Å². The third-order valence-corrected chi connectivity index (χ3v) is 24.3. The van der Waals surface area contributed by atoms with Crippen LogP contribution in [-0.2, 0) is 31.0 Å². The fourth-order valence-electron chi connectivity index (χ4n) is 15.5. The Morgan fingerprint density at radius 1 is 0.857 bits per heavy atom. The van der Waals surface area contributed by atoms with Crippen LogP contribution in [-0.4, -0.2) is 179 Å². The number of carbonyl (C=O) groups is 4. The Bertz CT molecular complexity index is 4380. The molecule has 5 aliphatic rings. The highest BCUT2D eigenvalue weighted by molar-refractivity contribution is 7.90. The number of aromatic nitrogens is 3. The summed E-state index contributed by atoms with van der Waals surface area (Å²) >= 11 is 7.87. The third-order valence-electron chi connectivity index (χ3n) is 21.7. The maximum Gasteiger partial charge on any atom is 0.293 e. The first-order valence-corrected chi connectivity index (χ1v) is 39.8. The molecule has 0 bridgehead atoms. The lowest BCUT2D eigenvalue weighted by atomic mass is 9.72. The van der Waals surface area contributed by atoms with Gasteiger partial charge in [0.1, 0.15) is 34.9 Å². The van der Waals surface area contributed by atoms with E-state index in [1.165, 1.54) is 39.9 Å². The van der Waals surface area contributed by atoms with Crippen LogP contribution >= 0.6 is 22.9 Å². The molecule has 3 aliphatic heterocycles. The molecule has 7 aromatic rings. The lowest BCUT2D eigenvalue weighted by molar-refractivity contribution is -0.384. The first kappa shape index (κ1) is 76.4. The van der Waals surface area contributed by atoms with Gasteiger partial charge in [-0.25, -0.2) is 23.1 Å². The average Bonchev–Trinajstić information content (AvgIpc) is 1.33. The number of fused-ring (bicyclic) bond motifs is 1. The largest absolute Gasteiger partial charge is 0.455 e. The number of likely N-dealkylation sites (tertiary alicyclic amines) is 1. The number of carbonyl (C=O) groups excluding carboxylic acids is 4. The summed E-state index contributed by atoms with van der Waals surface area (Å²) in [6, 6.07) is 27.2. The number of nitrogens with one attached hydrogen (secondary N) is 5. The van der Waals surface area contributed by atoms with Gasteiger partial charge in [-0.1, -0.05) is 101 Å². The number of amides is 4. The molecule has 23 nitrogen and oxygen atoms in total. The summed E-state index contributed by atoms with van der Waals surface area (Å²) in [5.41, 5.74) is 9.55. The number of ether oxygens (including phenoxy) is 1. The number of sulfonamides is 1. The average molecular weight is 1490 g/mol. The van der Waals surface area contributed by atoms with Crippen LogP contribution in [0.15, 0.2) is 125 Å². The quantitative estimate of drug-likeness (QED) is 0.0159. The van der Waals surface area contributed by atoms with Crippen LogP contribution in [0.5, 0.6) is 11.5 Å². The number of piperazine rings is 2. The van der Waals surface area contributed by atoms with Gasteiger partial charge in [-0.05, 0) is 159 Å². The second kappa shape index (κ2) is 33.7. The first-order valence-electron chi connectivity index (χ1n) is 37.1. The number of nitro groups is 1. The number of aromatic amines is 1. The molecule has 0 radical (unpaired) electrons. The van der Waals surface area contributed by atoms with Crippen molar-refractivity contribution in [2.24, 2.45) is 16.7 Å². The number of anilines is 2. The van der Waals surface area contributed by atoms with E-state index in [0.717, 1.165) is 160 Å². The number of nitro benzene ring substituents is 1. The van der Waals surface area contributed by atoms with Gasteiger partial charge >= 0.3 is 0 Å². The van der Waals surface area contributed by atoms with Gasteiger partial charge in [0.25, 0.3) is 21.6 Å². The predicted molar refractivity (Wildman–Crippen MR) is 412 cm³/mol. The molecule has 3 aromatic heterocycles. The maximum atomic E-state index is 14.3. The van der Waals surface area contributed by atoms with E-state index in [1.54, 1.807) is 41.8 Å². The Morgan fingerprint density at radius 2 is 1.58 bits per heavy atom. The number of nitrogens with zero attached hydrogens (tertiary/aromatic N) is 8. The van der Waals surface area contributed by atoms with Crippen LogP contribution < -0.4 is 30.3 Å². The van der Waals surface area contributed by atoms with Gasteiger partial charge in [0.05, 0.1) is 43.8 Å². The fourth-order valence-corrected chi connectivity index (χ4v) is 17.4. The minimum Gasteiger partial charge on any atom is -0.455 e. The van der Waals surface area contributed by atoms with Crippen LogP contribution in [0, 0.1) is 33.8 Å². The summed E-state index contributed by atoms with van der Waals surface area (Å²) in [4.78, 5) is 91.2. The summed E-state index contributed by atoms with van der Waals surface area (Å²) in [6.07, 6.45) is 13.4. The molecule has 4 amide bonds. The number of halogens is 1. The van der Waals surface area contributed by atoms with E-state index in [1.807, 2.05) is 75.7 Å². The highest BCUT2D eigenvalue weighted by Gasteiger charge is 2.45. The molecular formula is C79H100ClN13O10S2. The Hall–Kier alpha value is -8.30. The maximum absolute atomic E-state index is 14.3. The summed E-state index contributed by atoms with van der Waals surface area (Å²) in [6.45, 7) is 21.8. The number of H-pyrrole nitrogens is 1. The van der Waals surface area contributed by atoms with Gasteiger partial charge in [0.2, 0.25) is 17.7 Å². The molecule has 0 unspecified atom stereocenters. The van der Waals surface area contributed by atoms with E-state index < -0.39 is 55.0 Å². The summed E-state index contributed by atoms with van der Waals surface area (Å²) in [7, 11) is -4.63. The van der Waals surface area contributed by atoms with Crippen molar-refractivity contribution < 1.29 is 42.4 Å². The summed E-state index contributed by atoms with van der Waals surface area (Å²) < 4.78 is 36.8. The smallest absolute Gasteiger partial charge is 0.293 e. The van der Waals surface area contributed by atoms with Gasteiger partial charge in [-0.2, -0.15) is 0 Å². The van der Waals surface area contributed by atoms with E-state index in [-0.39, 0.29) is 72.0 Å². The normalized spacial score (nSPS) is 20.2.